The van der Waals surface area contributed by atoms with E-state index in [0.29, 0.717) is 0 Å². The van der Waals surface area contributed by atoms with E-state index in [1.54, 1.807) is 0 Å². The minimum Gasteiger partial charge on any atom is -0.396 e. The predicted octanol–water partition coefficient (Wildman–Crippen LogP) is 3.10. The lowest BCUT2D eigenvalue weighted by Crippen LogP contribution is -2.37. The molecule has 1 aliphatic heterocycles. The topological polar surface area (TPSA) is 55.7 Å². The van der Waals surface area contributed by atoms with Crippen molar-refractivity contribution in [1.82, 2.24) is 5.32 Å². The van der Waals surface area contributed by atoms with Gasteiger partial charge in [-0.05, 0) is 50.3 Å². The zero-order valence-corrected chi connectivity index (χ0v) is 15.5. The average Bonchev–Trinajstić information content (AvgIpc) is 2.64. The van der Waals surface area contributed by atoms with E-state index in [1.165, 1.54) is 11.3 Å². The molecule has 3 N–H and O–H groups in total. The number of hydrogen-bond donors (Lipinski definition) is 3. The number of rotatable bonds is 8. The van der Waals surface area contributed by atoms with Crippen molar-refractivity contribution in [2.24, 2.45) is 5.41 Å². The highest BCUT2D eigenvalue weighted by Gasteiger charge is 2.25. The molecule has 1 atom stereocenters. The average molecular weight is 335 g/mol. The molecular formula is C20H34N2O2. The molecule has 1 aromatic rings. The maximum absolute atomic E-state index is 9.70. The third-order valence-corrected chi connectivity index (χ3v) is 5.84. The lowest BCUT2D eigenvalue weighted by Gasteiger charge is -2.32. The summed E-state index contributed by atoms with van der Waals surface area (Å²) >= 11 is 0. The van der Waals surface area contributed by atoms with Crippen LogP contribution >= 0.6 is 0 Å². The van der Waals surface area contributed by atoms with Crippen LogP contribution in [-0.2, 0) is 0 Å². The second kappa shape index (κ2) is 8.84. The molecule has 1 aromatic carbocycles. The van der Waals surface area contributed by atoms with Gasteiger partial charge in [-0.1, -0.05) is 26.0 Å². The lowest BCUT2D eigenvalue weighted by molar-refractivity contribution is 0.110. The third kappa shape index (κ3) is 4.71. The molecule has 0 saturated carbocycles. The molecule has 0 aromatic heterocycles. The number of nitrogens with zero attached hydrogens (tertiary/aromatic N) is 1. The monoisotopic (exact) mass is 334 g/mol. The summed E-state index contributed by atoms with van der Waals surface area (Å²) in [6.07, 6.45) is 3.56. The van der Waals surface area contributed by atoms with Crippen LogP contribution < -0.4 is 10.2 Å². The van der Waals surface area contributed by atoms with E-state index >= 15 is 0 Å². The van der Waals surface area contributed by atoms with Gasteiger partial charge >= 0.3 is 0 Å². The summed E-state index contributed by atoms with van der Waals surface area (Å²) in [7, 11) is 0. The minimum atomic E-state index is -0.131. The smallest absolute Gasteiger partial charge is 0.0574 e. The molecule has 1 fully saturated rings. The number of aliphatic hydroxyl groups is 2. The Labute approximate surface area is 146 Å². The highest BCUT2D eigenvalue weighted by Crippen LogP contribution is 2.27. The van der Waals surface area contributed by atoms with Crippen LogP contribution in [0.4, 0.5) is 5.69 Å². The zero-order chi connectivity index (χ0) is 17.6. The Morgan fingerprint density at radius 3 is 2.25 bits per heavy atom. The van der Waals surface area contributed by atoms with Crippen LogP contribution in [-0.4, -0.2) is 42.6 Å². The highest BCUT2D eigenvalue weighted by molar-refractivity contribution is 5.48. The molecule has 0 aliphatic carbocycles. The van der Waals surface area contributed by atoms with E-state index in [9.17, 15) is 10.2 Å². The van der Waals surface area contributed by atoms with Gasteiger partial charge in [0.1, 0.15) is 0 Å². The SMILES string of the molecule is CCC(CC)(CO)CNC(C)c1ccc(N2CCC(O)CC2)cc1. The van der Waals surface area contributed by atoms with Gasteiger partial charge in [-0.2, -0.15) is 0 Å². The Kier molecular flexibility index (Phi) is 7.08. The second-order valence-electron chi connectivity index (χ2n) is 7.28. The summed E-state index contributed by atoms with van der Waals surface area (Å²) < 4.78 is 0. The van der Waals surface area contributed by atoms with E-state index in [1.807, 2.05) is 0 Å². The summed E-state index contributed by atoms with van der Waals surface area (Å²) in [6, 6.07) is 9.02. The predicted molar refractivity (Wildman–Crippen MR) is 100 cm³/mol. The Morgan fingerprint density at radius 2 is 1.75 bits per heavy atom. The van der Waals surface area contributed by atoms with Crippen LogP contribution in [0.1, 0.15) is 58.1 Å². The molecule has 24 heavy (non-hydrogen) atoms. The molecule has 0 amide bonds. The zero-order valence-electron chi connectivity index (χ0n) is 15.5. The van der Waals surface area contributed by atoms with Crippen LogP contribution in [0.5, 0.6) is 0 Å². The third-order valence-electron chi connectivity index (χ3n) is 5.84. The van der Waals surface area contributed by atoms with Crippen molar-refractivity contribution in [3.8, 4) is 0 Å². The highest BCUT2D eigenvalue weighted by atomic mass is 16.3. The number of anilines is 1. The van der Waals surface area contributed by atoms with Gasteiger partial charge in [0, 0.05) is 43.4 Å². The van der Waals surface area contributed by atoms with Gasteiger partial charge < -0.3 is 20.4 Å². The fourth-order valence-electron chi connectivity index (χ4n) is 3.36. The molecule has 1 aliphatic rings. The summed E-state index contributed by atoms with van der Waals surface area (Å²) in [4.78, 5) is 2.35. The first-order chi connectivity index (χ1) is 11.5. The van der Waals surface area contributed by atoms with E-state index in [4.69, 9.17) is 0 Å². The van der Waals surface area contributed by atoms with Gasteiger partial charge in [-0.25, -0.2) is 0 Å². The number of benzene rings is 1. The lowest BCUT2D eigenvalue weighted by atomic mass is 9.83. The molecule has 4 nitrogen and oxygen atoms in total. The van der Waals surface area contributed by atoms with E-state index < -0.39 is 0 Å². The molecule has 0 radical (unpaired) electrons. The van der Waals surface area contributed by atoms with Gasteiger partial charge in [0.15, 0.2) is 0 Å². The van der Waals surface area contributed by atoms with Crippen LogP contribution in [0, 0.1) is 5.41 Å². The molecule has 136 valence electrons. The van der Waals surface area contributed by atoms with Crippen molar-refractivity contribution < 1.29 is 10.2 Å². The maximum atomic E-state index is 9.70. The summed E-state index contributed by atoms with van der Waals surface area (Å²) in [5.41, 5.74) is 2.50. The van der Waals surface area contributed by atoms with Gasteiger partial charge in [0.05, 0.1) is 6.10 Å². The van der Waals surface area contributed by atoms with Crippen molar-refractivity contribution in [3.63, 3.8) is 0 Å². The van der Waals surface area contributed by atoms with E-state index in [2.05, 4.69) is 55.3 Å². The molecule has 0 bridgehead atoms. The largest absolute Gasteiger partial charge is 0.396 e. The first-order valence-corrected chi connectivity index (χ1v) is 9.41. The van der Waals surface area contributed by atoms with Crippen LogP contribution in [0.3, 0.4) is 0 Å². The van der Waals surface area contributed by atoms with E-state index in [-0.39, 0.29) is 24.2 Å². The van der Waals surface area contributed by atoms with Crippen molar-refractivity contribution in [3.05, 3.63) is 29.8 Å². The first-order valence-electron chi connectivity index (χ1n) is 9.41. The Hall–Kier alpha value is -1.10. The Morgan fingerprint density at radius 1 is 1.17 bits per heavy atom. The van der Waals surface area contributed by atoms with Crippen LogP contribution in [0.25, 0.3) is 0 Å². The summed E-state index contributed by atoms with van der Waals surface area (Å²) in [6.45, 7) is 9.41. The minimum absolute atomic E-state index is 0.0111. The van der Waals surface area contributed by atoms with Gasteiger partial charge in [0.2, 0.25) is 0 Å². The number of nitrogens with one attached hydrogen (secondary N) is 1. The fraction of sp³-hybridized carbons (Fsp3) is 0.700. The normalized spacial score (nSPS) is 18.0. The van der Waals surface area contributed by atoms with Crippen LogP contribution in [0.15, 0.2) is 24.3 Å². The molecular weight excluding hydrogens is 300 g/mol. The van der Waals surface area contributed by atoms with Gasteiger partial charge in [0.25, 0.3) is 0 Å². The molecule has 2 rings (SSSR count). The fourth-order valence-corrected chi connectivity index (χ4v) is 3.36. The number of piperidine rings is 1. The van der Waals surface area contributed by atoms with Crippen molar-refractivity contribution in [2.75, 3.05) is 31.1 Å². The Bertz CT molecular complexity index is 469. The standard InChI is InChI=1S/C20H34N2O2/c1-4-20(5-2,15-23)14-21-16(3)17-6-8-18(9-7-17)22-12-10-19(24)11-13-22/h6-9,16,19,21,23-24H,4-5,10-15H2,1-3H3. The first kappa shape index (κ1) is 19.2. The van der Waals surface area contributed by atoms with Crippen molar-refractivity contribution in [2.45, 2.75) is 58.6 Å². The number of hydrogen-bond acceptors (Lipinski definition) is 4. The van der Waals surface area contributed by atoms with Crippen molar-refractivity contribution >= 4 is 5.69 Å². The Balaban J connectivity index is 1.92. The van der Waals surface area contributed by atoms with Gasteiger partial charge in [-0.15, -0.1) is 0 Å². The second-order valence-corrected chi connectivity index (χ2v) is 7.28. The molecule has 1 heterocycles. The number of aliphatic hydroxyl groups excluding tert-OH is 2. The molecule has 1 unspecified atom stereocenters. The molecule has 4 heteroatoms. The molecule has 1 saturated heterocycles. The van der Waals surface area contributed by atoms with Gasteiger partial charge in [-0.3, -0.25) is 0 Å². The van der Waals surface area contributed by atoms with E-state index in [0.717, 1.165) is 45.3 Å². The summed E-state index contributed by atoms with van der Waals surface area (Å²) in [5, 5.41) is 22.9. The molecule has 0 spiro atoms. The summed E-state index contributed by atoms with van der Waals surface area (Å²) in [5.74, 6) is 0. The quantitative estimate of drug-likeness (QED) is 0.684. The maximum Gasteiger partial charge on any atom is 0.0574 e. The van der Waals surface area contributed by atoms with Crippen LogP contribution in [0.2, 0.25) is 0 Å². The van der Waals surface area contributed by atoms with Crippen molar-refractivity contribution in [1.29, 1.82) is 0 Å².